The normalized spacial score (nSPS) is 26.6. The number of hydrogen-bond donors (Lipinski definition) is 0. The van der Waals surface area contributed by atoms with Gasteiger partial charge >= 0.3 is 0 Å². The second-order valence-corrected chi connectivity index (χ2v) is 9.60. The van der Waals surface area contributed by atoms with E-state index in [1.54, 1.807) is 25.4 Å². The van der Waals surface area contributed by atoms with E-state index in [0.29, 0.717) is 12.2 Å². The van der Waals surface area contributed by atoms with E-state index in [9.17, 15) is 9.18 Å². The molecule has 4 atom stereocenters. The molecular weight excluding hydrogens is 417 g/mol. The quantitative estimate of drug-likeness (QED) is 0.561. The molecule has 33 heavy (non-hydrogen) atoms. The number of nitrogens with zero attached hydrogens (tertiary/aromatic N) is 3. The van der Waals surface area contributed by atoms with Gasteiger partial charge in [-0.05, 0) is 68.5 Å². The Morgan fingerprint density at radius 3 is 2.58 bits per heavy atom. The third-order valence-electron chi connectivity index (χ3n) is 7.61. The van der Waals surface area contributed by atoms with Gasteiger partial charge in [0.05, 0.1) is 11.4 Å². The molecule has 1 aromatic carbocycles. The Balaban J connectivity index is 1.75. The number of pyridine rings is 1. The highest BCUT2D eigenvalue weighted by molar-refractivity contribution is 5.87. The van der Waals surface area contributed by atoms with Crippen LogP contribution < -0.4 is 0 Å². The lowest BCUT2D eigenvalue weighted by Crippen LogP contribution is -2.53. The average Bonchev–Trinajstić information content (AvgIpc) is 2.81. The van der Waals surface area contributed by atoms with Gasteiger partial charge in [0.1, 0.15) is 11.9 Å². The van der Waals surface area contributed by atoms with Crippen LogP contribution in [0, 0.1) is 24.6 Å². The minimum atomic E-state index is -0.442. The number of methoxy groups -OCH3 is 1. The molecule has 2 aliphatic rings. The molecule has 5 rings (SSSR count). The number of Topliss-reactive ketones (excluding diaryl/α,β-unsaturated/α-hetero) is 1. The fraction of sp³-hybridized carbons (Fsp3) is 0.407. The van der Waals surface area contributed by atoms with E-state index < -0.39 is 6.10 Å². The maximum atomic E-state index is 13.7. The van der Waals surface area contributed by atoms with Gasteiger partial charge in [-0.1, -0.05) is 13.8 Å². The Bertz CT molecular complexity index is 1230. The van der Waals surface area contributed by atoms with Crippen molar-refractivity contribution < 1.29 is 13.9 Å². The predicted octanol–water partition coefficient (Wildman–Crippen LogP) is 5.10. The van der Waals surface area contributed by atoms with Crippen molar-refractivity contribution in [1.82, 2.24) is 15.0 Å². The predicted molar refractivity (Wildman–Crippen MR) is 124 cm³/mol. The fourth-order valence-electron chi connectivity index (χ4n) is 5.87. The molecule has 0 amide bonds. The summed E-state index contributed by atoms with van der Waals surface area (Å²) in [5.41, 5.74) is 5.23. The molecule has 1 saturated carbocycles. The summed E-state index contributed by atoms with van der Waals surface area (Å²) in [4.78, 5) is 27.3. The zero-order valence-corrected chi connectivity index (χ0v) is 19.4. The highest BCUT2D eigenvalue weighted by Gasteiger charge is 2.53. The van der Waals surface area contributed by atoms with Crippen LogP contribution in [-0.2, 0) is 21.4 Å². The lowest BCUT2D eigenvalue weighted by molar-refractivity contribution is -0.143. The number of aromatic nitrogens is 3. The zero-order chi connectivity index (χ0) is 23.3. The summed E-state index contributed by atoms with van der Waals surface area (Å²) in [5.74, 6) is 0.617. The van der Waals surface area contributed by atoms with Crippen LogP contribution in [0.2, 0.25) is 0 Å². The van der Waals surface area contributed by atoms with Gasteiger partial charge in [-0.3, -0.25) is 9.78 Å². The van der Waals surface area contributed by atoms with E-state index in [-0.39, 0.29) is 28.9 Å². The fourth-order valence-corrected chi connectivity index (χ4v) is 5.87. The third kappa shape index (κ3) is 3.57. The molecular formula is C27H28FN3O2. The minimum Gasteiger partial charge on any atom is -0.374 e. The van der Waals surface area contributed by atoms with Crippen molar-refractivity contribution in [3.63, 3.8) is 0 Å². The van der Waals surface area contributed by atoms with Gasteiger partial charge in [0.25, 0.3) is 0 Å². The summed E-state index contributed by atoms with van der Waals surface area (Å²) < 4.78 is 19.3. The molecule has 170 valence electrons. The first-order valence-corrected chi connectivity index (χ1v) is 11.5. The topological polar surface area (TPSA) is 65.0 Å². The van der Waals surface area contributed by atoms with E-state index in [2.05, 4.69) is 11.9 Å². The van der Waals surface area contributed by atoms with Gasteiger partial charge in [0, 0.05) is 47.0 Å². The van der Waals surface area contributed by atoms with Crippen LogP contribution in [0.25, 0.3) is 22.6 Å². The number of ether oxygens (including phenoxy) is 1. The molecule has 0 N–H and O–H groups in total. The number of benzene rings is 1. The summed E-state index contributed by atoms with van der Waals surface area (Å²) in [6.07, 6.45) is 3.59. The highest BCUT2D eigenvalue weighted by atomic mass is 19.1. The number of hydrogen-bond acceptors (Lipinski definition) is 5. The van der Waals surface area contributed by atoms with Crippen molar-refractivity contribution in [1.29, 1.82) is 0 Å². The summed E-state index contributed by atoms with van der Waals surface area (Å²) in [5, 5.41) is 0. The van der Waals surface area contributed by atoms with E-state index in [1.807, 2.05) is 26.0 Å². The Hall–Kier alpha value is -2.99. The lowest BCUT2D eigenvalue weighted by Gasteiger charge is -2.50. The van der Waals surface area contributed by atoms with Crippen molar-refractivity contribution in [2.24, 2.45) is 11.8 Å². The van der Waals surface area contributed by atoms with Crippen LogP contribution in [0.3, 0.4) is 0 Å². The number of halogens is 1. The first kappa shape index (κ1) is 21.8. The first-order valence-electron chi connectivity index (χ1n) is 11.5. The third-order valence-corrected chi connectivity index (χ3v) is 7.61. The maximum Gasteiger partial charge on any atom is 0.164 e. The molecule has 5 nitrogen and oxygen atoms in total. The van der Waals surface area contributed by atoms with Gasteiger partial charge in [-0.15, -0.1) is 0 Å². The molecule has 0 spiro atoms. The Kier molecular flexibility index (Phi) is 5.36. The number of carbonyl (C=O) groups is 1. The van der Waals surface area contributed by atoms with Crippen molar-refractivity contribution in [2.75, 3.05) is 7.11 Å². The molecule has 2 aliphatic carbocycles. The number of carbonyl (C=O) groups excluding carboxylic acids is 1. The van der Waals surface area contributed by atoms with Crippen LogP contribution in [0.1, 0.15) is 43.6 Å². The number of ketones is 1. The van der Waals surface area contributed by atoms with Crippen molar-refractivity contribution in [3.05, 3.63) is 65.4 Å². The highest BCUT2D eigenvalue weighted by Crippen LogP contribution is 2.52. The van der Waals surface area contributed by atoms with Gasteiger partial charge in [0.2, 0.25) is 0 Å². The van der Waals surface area contributed by atoms with Crippen LogP contribution in [0.15, 0.2) is 42.6 Å². The number of rotatable bonds is 3. The Morgan fingerprint density at radius 1 is 1.12 bits per heavy atom. The van der Waals surface area contributed by atoms with Gasteiger partial charge in [0.15, 0.2) is 11.6 Å². The van der Waals surface area contributed by atoms with Crippen LogP contribution in [0.5, 0.6) is 0 Å². The Morgan fingerprint density at radius 2 is 1.88 bits per heavy atom. The smallest absolute Gasteiger partial charge is 0.164 e. The molecule has 2 aromatic heterocycles. The molecule has 6 heteroatoms. The second kappa shape index (κ2) is 8.10. The molecule has 3 aromatic rings. The van der Waals surface area contributed by atoms with E-state index in [1.165, 1.54) is 12.1 Å². The first-order chi connectivity index (χ1) is 15.8. The number of aryl methyl sites for hydroxylation is 1. The zero-order valence-electron chi connectivity index (χ0n) is 19.4. The monoisotopic (exact) mass is 445 g/mol. The van der Waals surface area contributed by atoms with Crippen molar-refractivity contribution in [2.45, 2.75) is 51.6 Å². The standard InChI is InChI=1S/C27H28FN3O2/c1-15-13-18(11-12-29-15)26-30-23(17-5-7-19(28)8-6-17)20-9-10-21-16(2)24(32)22(33-4)14-27(21,3)25(20)31-26/h5-8,11-13,16,21-22H,9-10,14H2,1-4H3/t16-,21-,22?,27-/m1/s1. The van der Waals surface area contributed by atoms with Gasteiger partial charge < -0.3 is 4.74 Å². The van der Waals surface area contributed by atoms with Gasteiger partial charge in [-0.2, -0.15) is 0 Å². The molecule has 0 bridgehead atoms. The summed E-state index contributed by atoms with van der Waals surface area (Å²) in [6.45, 7) is 6.18. The second-order valence-electron chi connectivity index (χ2n) is 9.60. The molecule has 1 fully saturated rings. The molecule has 2 heterocycles. The number of fused-ring (bicyclic) bond motifs is 3. The lowest BCUT2D eigenvalue weighted by atomic mass is 9.55. The SMILES string of the molecule is COC1C[C@@]2(C)c3nc(-c4ccnc(C)c4)nc(-c4ccc(F)cc4)c3CC[C@@H]2[C@@H](C)C1=O. The van der Waals surface area contributed by atoms with Crippen molar-refractivity contribution >= 4 is 5.78 Å². The average molecular weight is 446 g/mol. The summed E-state index contributed by atoms with van der Waals surface area (Å²) in [6, 6.07) is 10.4. The molecule has 0 saturated heterocycles. The minimum absolute atomic E-state index is 0.0993. The van der Waals surface area contributed by atoms with Crippen molar-refractivity contribution in [3.8, 4) is 22.6 Å². The molecule has 0 radical (unpaired) electrons. The van der Waals surface area contributed by atoms with E-state index in [0.717, 1.165) is 46.6 Å². The van der Waals surface area contributed by atoms with E-state index >= 15 is 0 Å². The molecule has 0 aliphatic heterocycles. The largest absolute Gasteiger partial charge is 0.374 e. The Labute approximate surface area is 193 Å². The molecule has 1 unspecified atom stereocenters. The maximum absolute atomic E-state index is 13.7. The summed E-state index contributed by atoms with van der Waals surface area (Å²) in [7, 11) is 1.61. The van der Waals surface area contributed by atoms with Gasteiger partial charge in [-0.25, -0.2) is 14.4 Å². The van der Waals surface area contributed by atoms with Crippen LogP contribution in [-0.4, -0.2) is 33.9 Å². The van der Waals surface area contributed by atoms with Crippen LogP contribution in [0.4, 0.5) is 4.39 Å². The summed E-state index contributed by atoms with van der Waals surface area (Å²) >= 11 is 0. The van der Waals surface area contributed by atoms with E-state index in [4.69, 9.17) is 14.7 Å². The van der Waals surface area contributed by atoms with Crippen LogP contribution >= 0.6 is 0 Å².